The van der Waals surface area contributed by atoms with E-state index >= 15 is 0 Å². The number of aryl methyl sites for hydroxylation is 1. The number of nitrogens with zero attached hydrogens (tertiary/aromatic N) is 2. The predicted molar refractivity (Wildman–Crippen MR) is 67.0 cm³/mol. The normalized spacial score (nSPS) is 12.4. The summed E-state index contributed by atoms with van der Waals surface area (Å²) in [5, 5.41) is 14.3. The van der Waals surface area contributed by atoms with Crippen LogP contribution in [-0.4, -0.2) is 14.9 Å². The van der Waals surface area contributed by atoms with Crippen LogP contribution in [0.1, 0.15) is 65.1 Å². The fourth-order valence-corrected chi connectivity index (χ4v) is 2.15. The predicted octanol–water partition coefficient (Wildman–Crippen LogP) is 3.42. The van der Waals surface area contributed by atoms with Crippen LogP contribution in [0.25, 0.3) is 0 Å². The zero-order valence-corrected chi connectivity index (χ0v) is 11.3. The summed E-state index contributed by atoms with van der Waals surface area (Å²) in [6, 6.07) is 0. The van der Waals surface area contributed by atoms with Crippen LogP contribution < -0.4 is 0 Å². The molecule has 0 saturated carbocycles. The summed E-state index contributed by atoms with van der Waals surface area (Å²) in [5.74, 6) is 0.582. The molecule has 1 heterocycles. The zero-order valence-electron chi connectivity index (χ0n) is 11.3. The second-order valence-corrected chi connectivity index (χ2v) is 5.71. The van der Waals surface area contributed by atoms with E-state index in [1.165, 1.54) is 5.69 Å². The molecule has 0 aliphatic heterocycles. The molecule has 0 aliphatic rings. The SMILES string of the molecule is CCCn1nc(O)c(C(C)(C)C)c1C(C)C. The first-order chi connectivity index (χ1) is 7.29. The van der Waals surface area contributed by atoms with Gasteiger partial charge in [0.25, 0.3) is 0 Å². The molecule has 0 saturated heterocycles. The van der Waals surface area contributed by atoms with Crippen LogP contribution in [0.2, 0.25) is 0 Å². The van der Waals surface area contributed by atoms with Gasteiger partial charge >= 0.3 is 0 Å². The Morgan fingerprint density at radius 2 is 1.88 bits per heavy atom. The molecule has 0 atom stereocenters. The summed E-state index contributed by atoms with van der Waals surface area (Å²) < 4.78 is 1.96. The highest BCUT2D eigenvalue weighted by Crippen LogP contribution is 2.36. The van der Waals surface area contributed by atoms with E-state index in [9.17, 15) is 5.11 Å². The zero-order chi connectivity index (χ0) is 12.5. The molecule has 3 nitrogen and oxygen atoms in total. The van der Waals surface area contributed by atoms with Gasteiger partial charge in [0.15, 0.2) is 0 Å². The maximum Gasteiger partial charge on any atom is 0.234 e. The number of aromatic hydroxyl groups is 1. The van der Waals surface area contributed by atoms with Crippen molar-refractivity contribution in [1.82, 2.24) is 9.78 Å². The quantitative estimate of drug-likeness (QED) is 0.854. The second-order valence-electron chi connectivity index (χ2n) is 5.71. The van der Waals surface area contributed by atoms with Crippen molar-refractivity contribution < 1.29 is 5.11 Å². The Bertz CT molecular complexity index is 359. The number of rotatable bonds is 3. The Labute approximate surface area is 98.5 Å². The molecule has 1 aromatic heterocycles. The smallest absolute Gasteiger partial charge is 0.234 e. The number of hydrogen-bond donors (Lipinski definition) is 1. The molecule has 0 amide bonds. The molecule has 1 aromatic rings. The summed E-state index contributed by atoms with van der Waals surface area (Å²) in [5.41, 5.74) is 2.11. The number of aromatic nitrogens is 2. The summed E-state index contributed by atoms with van der Waals surface area (Å²) in [6.07, 6.45) is 1.03. The van der Waals surface area contributed by atoms with E-state index in [0.717, 1.165) is 18.5 Å². The fourth-order valence-electron chi connectivity index (χ4n) is 2.15. The molecule has 0 fully saturated rings. The van der Waals surface area contributed by atoms with Gasteiger partial charge in [0.1, 0.15) is 0 Å². The molecule has 92 valence electrons. The van der Waals surface area contributed by atoms with Crippen molar-refractivity contribution in [3.8, 4) is 5.88 Å². The van der Waals surface area contributed by atoms with Crippen LogP contribution in [0.4, 0.5) is 0 Å². The third kappa shape index (κ3) is 2.39. The van der Waals surface area contributed by atoms with Crippen LogP contribution in [0.3, 0.4) is 0 Å². The topological polar surface area (TPSA) is 38.0 Å². The molecule has 1 rings (SSSR count). The van der Waals surface area contributed by atoms with Crippen LogP contribution >= 0.6 is 0 Å². The lowest BCUT2D eigenvalue weighted by Gasteiger charge is -2.21. The Hall–Kier alpha value is -0.990. The standard InChI is InChI=1S/C13H24N2O/c1-7-8-15-11(9(2)3)10(12(16)14-15)13(4,5)6/h9H,7-8H2,1-6H3,(H,14,16). The molecule has 0 aromatic carbocycles. The average Bonchev–Trinajstić information content (AvgIpc) is 2.42. The van der Waals surface area contributed by atoms with Gasteiger partial charge < -0.3 is 5.11 Å². The molecule has 0 spiro atoms. The van der Waals surface area contributed by atoms with Gasteiger partial charge in [-0.2, -0.15) is 0 Å². The third-order valence-electron chi connectivity index (χ3n) is 2.71. The van der Waals surface area contributed by atoms with Crippen molar-refractivity contribution >= 4 is 0 Å². The minimum Gasteiger partial charge on any atom is -0.492 e. The van der Waals surface area contributed by atoms with Gasteiger partial charge in [0.2, 0.25) is 5.88 Å². The fraction of sp³-hybridized carbons (Fsp3) is 0.769. The molecule has 0 radical (unpaired) electrons. The summed E-state index contributed by atoms with van der Waals surface area (Å²) >= 11 is 0. The Balaban J connectivity index is 3.36. The minimum absolute atomic E-state index is 0.0598. The second kappa shape index (κ2) is 4.48. The van der Waals surface area contributed by atoms with E-state index in [-0.39, 0.29) is 11.3 Å². The summed E-state index contributed by atoms with van der Waals surface area (Å²) in [6.45, 7) is 13.6. The summed E-state index contributed by atoms with van der Waals surface area (Å²) in [7, 11) is 0. The number of hydrogen-bond acceptors (Lipinski definition) is 2. The van der Waals surface area contributed by atoms with E-state index < -0.39 is 0 Å². The van der Waals surface area contributed by atoms with Crippen LogP contribution in [-0.2, 0) is 12.0 Å². The van der Waals surface area contributed by atoms with Gasteiger partial charge in [-0.25, -0.2) is 0 Å². The van der Waals surface area contributed by atoms with Gasteiger partial charge in [-0.15, -0.1) is 5.10 Å². The van der Waals surface area contributed by atoms with Crippen molar-refractivity contribution in [2.45, 2.75) is 65.8 Å². The largest absolute Gasteiger partial charge is 0.492 e. The molecule has 16 heavy (non-hydrogen) atoms. The van der Waals surface area contributed by atoms with E-state index in [1.54, 1.807) is 0 Å². The summed E-state index contributed by atoms with van der Waals surface area (Å²) in [4.78, 5) is 0. The van der Waals surface area contributed by atoms with Crippen LogP contribution in [0.5, 0.6) is 5.88 Å². The van der Waals surface area contributed by atoms with E-state index in [4.69, 9.17) is 0 Å². The Morgan fingerprint density at radius 1 is 1.31 bits per heavy atom. The van der Waals surface area contributed by atoms with Crippen molar-refractivity contribution in [3.63, 3.8) is 0 Å². The molecule has 1 N–H and O–H groups in total. The van der Waals surface area contributed by atoms with Gasteiger partial charge in [0.05, 0.1) is 0 Å². The van der Waals surface area contributed by atoms with E-state index in [2.05, 4.69) is 46.6 Å². The van der Waals surface area contributed by atoms with Crippen molar-refractivity contribution in [1.29, 1.82) is 0 Å². The minimum atomic E-state index is -0.0598. The van der Waals surface area contributed by atoms with E-state index in [0.29, 0.717) is 5.92 Å². The maximum atomic E-state index is 9.99. The molecule has 0 unspecified atom stereocenters. The first-order valence-electron chi connectivity index (χ1n) is 6.09. The van der Waals surface area contributed by atoms with Gasteiger partial charge in [-0.05, 0) is 17.8 Å². The monoisotopic (exact) mass is 224 g/mol. The molecule has 0 aliphatic carbocycles. The lowest BCUT2D eigenvalue weighted by Crippen LogP contribution is -2.16. The molecular weight excluding hydrogens is 200 g/mol. The Morgan fingerprint density at radius 3 is 2.25 bits per heavy atom. The first kappa shape index (κ1) is 13.1. The highest BCUT2D eigenvalue weighted by atomic mass is 16.3. The van der Waals surface area contributed by atoms with Crippen molar-refractivity contribution in [2.75, 3.05) is 0 Å². The Kier molecular flexibility index (Phi) is 3.66. The van der Waals surface area contributed by atoms with Crippen LogP contribution in [0, 0.1) is 0 Å². The molecule has 3 heteroatoms. The van der Waals surface area contributed by atoms with Gasteiger partial charge in [-0.3, -0.25) is 4.68 Å². The lowest BCUT2D eigenvalue weighted by molar-refractivity contribution is 0.420. The molecular formula is C13H24N2O. The van der Waals surface area contributed by atoms with Crippen LogP contribution in [0.15, 0.2) is 0 Å². The van der Waals surface area contributed by atoms with E-state index in [1.807, 2.05) is 4.68 Å². The maximum absolute atomic E-state index is 9.99. The highest BCUT2D eigenvalue weighted by Gasteiger charge is 2.28. The van der Waals surface area contributed by atoms with Gasteiger partial charge in [-0.1, -0.05) is 41.5 Å². The van der Waals surface area contributed by atoms with Crippen molar-refractivity contribution in [3.05, 3.63) is 11.3 Å². The lowest BCUT2D eigenvalue weighted by atomic mass is 9.84. The average molecular weight is 224 g/mol. The highest BCUT2D eigenvalue weighted by molar-refractivity contribution is 5.38. The first-order valence-corrected chi connectivity index (χ1v) is 6.09. The van der Waals surface area contributed by atoms with Crippen molar-refractivity contribution in [2.24, 2.45) is 0 Å². The van der Waals surface area contributed by atoms with Gasteiger partial charge in [0, 0.05) is 17.8 Å². The molecule has 0 bridgehead atoms. The third-order valence-corrected chi connectivity index (χ3v) is 2.71.